The molecule has 0 bridgehead atoms. The van der Waals surface area contributed by atoms with E-state index in [1.807, 2.05) is 20.8 Å². The molecule has 0 N–H and O–H groups in total. The molecule has 0 spiro atoms. The van der Waals surface area contributed by atoms with Crippen molar-refractivity contribution < 1.29 is 8.42 Å². The lowest BCUT2D eigenvalue weighted by Crippen LogP contribution is -2.47. The Kier molecular flexibility index (Phi) is 4.56. The van der Waals surface area contributed by atoms with Gasteiger partial charge in [-0.3, -0.25) is 4.90 Å². The SMILES string of the molecule is CC1CS(=O)(=O)CCN1CCCC(C)(C)C#N. The van der Waals surface area contributed by atoms with Gasteiger partial charge in [0, 0.05) is 12.6 Å². The molecule has 1 fully saturated rings. The van der Waals surface area contributed by atoms with Crippen molar-refractivity contribution in [3.05, 3.63) is 0 Å². The largest absolute Gasteiger partial charge is 0.299 e. The highest BCUT2D eigenvalue weighted by molar-refractivity contribution is 7.91. The van der Waals surface area contributed by atoms with Gasteiger partial charge in [0.1, 0.15) is 0 Å². The first-order valence-corrected chi connectivity index (χ1v) is 7.94. The van der Waals surface area contributed by atoms with Crippen LogP contribution >= 0.6 is 0 Å². The van der Waals surface area contributed by atoms with Crippen molar-refractivity contribution >= 4 is 9.84 Å². The lowest BCUT2D eigenvalue weighted by Gasteiger charge is -2.33. The summed E-state index contributed by atoms with van der Waals surface area (Å²) in [5.41, 5.74) is -0.273. The molecule has 0 amide bonds. The van der Waals surface area contributed by atoms with Gasteiger partial charge in [0.15, 0.2) is 9.84 Å². The zero-order valence-corrected chi connectivity index (χ0v) is 11.8. The number of rotatable bonds is 4. The molecule has 1 aliphatic rings. The van der Waals surface area contributed by atoms with E-state index in [1.54, 1.807) is 0 Å². The second kappa shape index (κ2) is 5.36. The summed E-state index contributed by atoms with van der Waals surface area (Å²) in [4.78, 5) is 2.22. The number of hydrogen-bond acceptors (Lipinski definition) is 4. The van der Waals surface area contributed by atoms with E-state index < -0.39 is 9.84 Å². The van der Waals surface area contributed by atoms with Gasteiger partial charge in [-0.2, -0.15) is 5.26 Å². The first-order chi connectivity index (χ1) is 7.76. The Labute approximate surface area is 105 Å². The van der Waals surface area contributed by atoms with Crippen LogP contribution in [0.25, 0.3) is 0 Å². The molecule has 5 heteroatoms. The van der Waals surface area contributed by atoms with E-state index in [2.05, 4.69) is 11.0 Å². The fourth-order valence-electron chi connectivity index (χ4n) is 2.15. The van der Waals surface area contributed by atoms with Gasteiger partial charge in [0.25, 0.3) is 0 Å². The van der Waals surface area contributed by atoms with Crippen LogP contribution in [0.1, 0.15) is 33.6 Å². The predicted octanol–water partition coefficient (Wildman–Crippen LogP) is 1.44. The molecular formula is C12H22N2O2S. The summed E-state index contributed by atoms with van der Waals surface area (Å²) in [6.45, 7) is 7.37. The Hall–Kier alpha value is -0.600. The third kappa shape index (κ3) is 4.64. The first kappa shape index (κ1) is 14.5. The van der Waals surface area contributed by atoms with Crippen molar-refractivity contribution in [2.24, 2.45) is 5.41 Å². The van der Waals surface area contributed by atoms with Gasteiger partial charge in [-0.1, -0.05) is 0 Å². The molecule has 98 valence electrons. The van der Waals surface area contributed by atoms with Crippen molar-refractivity contribution in [3.63, 3.8) is 0 Å². The summed E-state index contributed by atoms with van der Waals surface area (Å²) in [7, 11) is -2.82. The Bertz CT molecular complexity index is 395. The van der Waals surface area contributed by atoms with Gasteiger partial charge >= 0.3 is 0 Å². The van der Waals surface area contributed by atoms with Crippen LogP contribution < -0.4 is 0 Å². The van der Waals surface area contributed by atoms with E-state index in [-0.39, 0.29) is 23.0 Å². The summed E-state index contributed by atoms with van der Waals surface area (Å²) in [6.07, 6.45) is 1.81. The summed E-state index contributed by atoms with van der Waals surface area (Å²) in [5.74, 6) is 0.549. The second-order valence-corrected chi connectivity index (χ2v) is 7.83. The maximum atomic E-state index is 11.4. The van der Waals surface area contributed by atoms with Crippen molar-refractivity contribution in [3.8, 4) is 6.07 Å². The smallest absolute Gasteiger partial charge is 0.153 e. The van der Waals surface area contributed by atoms with Gasteiger partial charge in [-0.25, -0.2) is 8.42 Å². The third-order valence-electron chi connectivity index (χ3n) is 3.36. The predicted molar refractivity (Wildman–Crippen MR) is 68.3 cm³/mol. The van der Waals surface area contributed by atoms with E-state index in [9.17, 15) is 8.42 Å². The zero-order valence-electron chi connectivity index (χ0n) is 10.9. The quantitative estimate of drug-likeness (QED) is 0.765. The van der Waals surface area contributed by atoms with Crippen LogP contribution in [0.15, 0.2) is 0 Å². The molecule has 0 aromatic carbocycles. The monoisotopic (exact) mass is 258 g/mol. The van der Waals surface area contributed by atoms with Crippen LogP contribution in [-0.2, 0) is 9.84 Å². The molecule has 1 atom stereocenters. The Morgan fingerprint density at radius 3 is 2.65 bits per heavy atom. The average molecular weight is 258 g/mol. The van der Waals surface area contributed by atoms with Crippen LogP contribution in [0.2, 0.25) is 0 Å². The van der Waals surface area contributed by atoms with Crippen LogP contribution in [0.3, 0.4) is 0 Å². The van der Waals surface area contributed by atoms with Gasteiger partial charge in [0.2, 0.25) is 0 Å². The fraction of sp³-hybridized carbons (Fsp3) is 0.917. The van der Waals surface area contributed by atoms with Gasteiger partial charge in [-0.05, 0) is 40.2 Å². The van der Waals surface area contributed by atoms with Crippen molar-refractivity contribution in [2.45, 2.75) is 39.7 Å². The van der Waals surface area contributed by atoms with Crippen LogP contribution in [0, 0.1) is 16.7 Å². The first-order valence-electron chi connectivity index (χ1n) is 6.11. The second-order valence-electron chi connectivity index (χ2n) is 5.60. The van der Waals surface area contributed by atoms with Crippen molar-refractivity contribution in [2.75, 3.05) is 24.6 Å². The van der Waals surface area contributed by atoms with E-state index >= 15 is 0 Å². The van der Waals surface area contributed by atoms with Gasteiger partial charge < -0.3 is 0 Å². The van der Waals surface area contributed by atoms with Gasteiger partial charge in [0.05, 0.1) is 23.0 Å². The molecule has 0 radical (unpaired) electrons. The zero-order chi connectivity index (χ0) is 13.1. The van der Waals surface area contributed by atoms with Crippen LogP contribution in [-0.4, -0.2) is 44.0 Å². The minimum absolute atomic E-state index is 0.110. The lowest BCUT2D eigenvalue weighted by molar-refractivity contribution is 0.214. The number of hydrogen-bond donors (Lipinski definition) is 0. The molecule has 4 nitrogen and oxygen atoms in total. The van der Waals surface area contributed by atoms with Crippen molar-refractivity contribution in [1.29, 1.82) is 5.26 Å². The Morgan fingerprint density at radius 2 is 2.12 bits per heavy atom. The summed E-state index contributed by atoms with van der Waals surface area (Å²) in [6, 6.07) is 2.40. The topological polar surface area (TPSA) is 61.2 Å². The highest BCUT2D eigenvalue weighted by atomic mass is 32.2. The Morgan fingerprint density at radius 1 is 1.47 bits per heavy atom. The third-order valence-corrected chi connectivity index (χ3v) is 5.15. The minimum atomic E-state index is -2.82. The van der Waals surface area contributed by atoms with Crippen molar-refractivity contribution in [1.82, 2.24) is 4.90 Å². The van der Waals surface area contributed by atoms with E-state index in [0.29, 0.717) is 6.54 Å². The summed E-state index contributed by atoms with van der Waals surface area (Å²) in [5, 5.41) is 8.91. The van der Waals surface area contributed by atoms with Crippen LogP contribution in [0.5, 0.6) is 0 Å². The molecule has 0 aromatic heterocycles. The number of nitriles is 1. The number of sulfone groups is 1. The molecule has 0 aliphatic carbocycles. The Balaban J connectivity index is 2.37. The number of nitrogens with zero attached hydrogens (tertiary/aromatic N) is 2. The standard InChI is InChI=1S/C12H22N2O2S/c1-11-9-17(15,16)8-7-14(11)6-4-5-12(2,3)10-13/h11H,4-9H2,1-3H3. The molecule has 0 saturated carbocycles. The minimum Gasteiger partial charge on any atom is -0.299 e. The van der Waals surface area contributed by atoms with Gasteiger partial charge in [-0.15, -0.1) is 0 Å². The maximum absolute atomic E-state index is 11.4. The highest BCUT2D eigenvalue weighted by Crippen LogP contribution is 2.21. The van der Waals surface area contributed by atoms with Crippen LogP contribution in [0.4, 0.5) is 0 Å². The molecule has 1 aliphatic heterocycles. The lowest BCUT2D eigenvalue weighted by atomic mass is 9.90. The molecule has 1 rings (SSSR count). The van der Waals surface area contributed by atoms with E-state index in [0.717, 1.165) is 19.4 Å². The summed E-state index contributed by atoms with van der Waals surface area (Å²) >= 11 is 0. The van der Waals surface area contributed by atoms with E-state index in [1.165, 1.54) is 0 Å². The average Bonchev–Trinajstić information content (AvgIpc) is 2.20. The van der Waals surface area contributed by atoms with E-state index in [4.69, 9.17) is 5.26 Å². The normalized spacial score (nSPS) is 25.4. The molecule has 0 aromatic rings. The molecule has 1 unspecified atom stereocenters. The molecule has 1 saturated heterocycles. The molecule has 17 heavy (non-hydrogen) atoms. The maximum Gasteiger partial charge on any atom is 0.153 e. The molecular weight excluding hydrogens is 236 g/mol. The summed E-state index contributed by atoms with van der Waals surface area (Å²) < 4.78 is 22.8. The fourth-order valence-corrected chi connectivity index (χ4v) is 3.77. The molecule has 1 heterocycles. The highest BCUT2D eigenvalue weighted by Gasteiger charge is 2.28.